The van der Waals surface area contributed by atoms with Gasteiger partial charge in [-0.05, 0) is 61.0 Å². The van der Waals surface area contributed by atoms with Crippen molar-refractivity contribution in [3.63, 3.8) is 0 Å². The van der Waals surface area contributed by atoms with E-state index >= 15 is 0 Å². The van der Waals surface area contributed by atoms with Gasteiger partial charge in [-0.25, -0.2) is 13.2 Å². The van der Waals surface area contributed by atoms with Crippen molar-refractivity contribution in [3.8, 4) is 11.5 Å². The number of carbonyl (C=O) groups excluding carboxylic acids is 3. The summed E-state index contributed by atoms with van der Waals surface area (Å²) in [5, 5.41) is 1.33. The van der Waals surface area contributed by atoms with Gasteiger partial charge in [0.1, 0.15) is 6.54 Å². The number of hydrogen-bond donors (Lipinski definition) is 1. The molecule has 0 aliphatic carbocycles. The van der Waals surface area contributed by atoms with Gasteiger partial charge in [0, 0.05) is 0 Å². The molecule has 0 unspecified atom stereocenters. The zero-order valence-electron chi connectivity index (χ0n) is 19.0. The average Bonchev–Trinajstić information content (AvgIpc) is 3.08. The number of halogens is 3. The number of nitrogens with zero attached hydrogens (tertiary/aromatic N) is 1. The first-order chi connectivity index (χ1) is 16.7. The third-order valence-electron chi connectivity index (χ3n) is 4.81. The molecule has 186 valence electrons. The van der Waals surface area contributed by atoms with Crippen molar-refractivity contribution < 1.29 is 37.0 Å². The molecule has 1 saturated heterocycles. The zero-order valence-corrected chi connectivity index (χ0v) is 19.8. The number of carbonyl (C=O) groups is 3. The van der Waals surface area contributed by atoms with Gasteiger partial charge in [0.2, 0.25) is 5.91 Å². The number of imide groups is 1. The van der Waals surface area contributed by atoms with Crippen LogP contribution in [0.2, 0.25) is 0 Å². The molecule has 0 saturated carbocycles. The Hall–Kier alpha value is -3.47. The van der Waals surface area contributed by atoms with Crippen LogP contribution in [0.3, 0.4) is 0 Å². The molecule has 0 aromatic heterocycles. The van der Waals surface area contributed by atoms with E-state index in [-0.39, 0.29) is 4.91 Å². The van der Waals surface area contributed by atoms with Gasteiger partial charge in [0.15, 0.2) is 29.0 Å². The number of thioether (sulfide) groups is 1. The number of ether oxygens (including phenoxy) is 2. The Morgan fingerprint density at radius 3 is 2.54 bits per heavy atom. The van der Waals surface area contributed by atoms with Crippen LogP contribution >= 0.6 is 11.8 Å². The van der Waals surface area contributed by atoms with Gasteiger partial charge in [-0.2, -0.15) is 0 Å². The molecule has 11 heteroatoms. The fourth-order valence-electron chi connectivity index (χ4n) is 3.07. The van der Waals surface area contributed by atoms with Crippen molar-refractivity contribution >= 4 is 40.6 Å². The van der Waals surface area contributed by atoms with E-state index in [4.69, 9.17) is 9.47 Å². The van der Waals surface area contributed by atoms with Crippen molar-refractivity contribution in [2.75, 3.05) is 25.1 Å². The fourth-order valence-corrected chi connectivity index (χ4v) is 3.91. The van der Waals surface area contributed by atoms with Gasteiger partial charge in [0.25, 0.3) is 11.1 Å². The minimum Gasteiger partial charge on any atom is -0.490 e. The quantitative estimate of drug-likeness (QED) is 0.264. The van der Waals surface area contributed by atoms with Gasteiger partial charge < -0.3 is 14.8 Å². The lowest BCUT2D eigenvalue weighted by atomic mass is 10.2. The molecule has 0 spiro atoms. The zero-order chi connectivity index (χ0) is 25.5. The van der Waals surface area contributed by atoms with Gasteiger partial charge in [0.05, 0.1) is 23.8 Å². The number of anilines is 1. The van der Waals surface area contributed by atoms with Gasteiger partial charge in [-0.1, -0.05) is 19.4 Å². The van der Waals surface area contributed by atoms with E-state index in [0.717, 1.165) is 18.9 Å². The van der Waals surface area contributed by atoms with Crippen LogP contribution in [0.1, 0.15) is 32.3 Å². The van der Waals surface area contributed by atoms with E-state index in [2.05, 4.69) is 0 Å². The lowest BCUT2D eigenvalue weighted by Crippen LogP contribution is -2.36. The summed E-state index contributed by atoms with van der Waals surface area (Å²) < 4.78 is 51.6. The molecule has 1 N–H and O–H groups in total. The second-order valence-corrected chi connectivity index (χ2v) is 8.37. The van der Waals surface area contributed by atoms with Crippen LogP contribution in [0, 0.1) is 17.5 Å². The molecule has 7 nitrogen and oxygen atoms in total. The Bertz CT molecular complexity index is 1170. The van der Waals surface area contributed by atoms with Crippen LogP contribution in [0.5, 0.6) is 11.5 Å². The molecule has 3 rings (SSSR count). The van der Waals surface area contributed by atoms with E-state index in [1.165, 1.54) is 6.08 Å². The molecule has 0 radical (unpaired) electrons. The van der Waals surface area contributed by atoms with Crippen LogP contribution in [0.25, 0.3) is 6.08 Å². The second-order valence-electron chi connectivity index (χ2n) is 7.38. The molecule has 1 heterocycles. The summed E-state index contributed by atoms with van der Waals surface area (Å²) in [5.41, 5.74) is -0.0313. The van der Waals surface area contributed by atoms with E-state index in [0.29, 0.717) is 53.0 Å². The smallest absolute Gasteiger partial charge is 0.294 e. The molecule has 0 atom stereocenters. The SMILES string of the molecule is CCCCOc1ccc(/C=C2\SC(=O)N(CC(=O)Nc3ccc(F)c(F)c3F)C2=O)cc1OCC. The van der Waals surface area contributed by atoms with E-state index < -0.39 is 46.7 Å². The van der Waals surface area contributed by atoms with Crippen LogP contribution in [0.4, 0.5) is 23.7 Å². The summed E-state index contributed by atoms with van der Waals surface area (Å²) in [6.07, 6.45) is 3.35. The van der Waals surface area contributed by atoms with Crippen molar-refractivity contribution in [3.05, 3.63) is 58.3 Å². The summed E-state index contributed by atoms with van der Waals surface area (Å²) >= 11 is 0.636. The van der Waals surface area contributed by atoms with E-state index in [9.17, 15) is 27.6 Å². The first-order valence-corrected chi connectivity index (χ1v) is 11.6. The highest BCUT2D eigenvalue weighted by Gasteiger charge is 2.36. The maximum atomic E-state index is 13.8. The first kappa shape index (κ1) is 26.1. The standard InChI is InChI=1S/C24H23F3N2O5S/c1-3-5-10-34-17-9-6-14(11-18(17)33-4-2)12-19-23(31)29(24(32)35-19)13-20(30)28-16-8-7-15(25)21(26)22(16)27/h6-9,11-12H,3-5,10,13H2,1-2H3,(H,28,30)/b19-12-. The third kappa shape index (κ3) is 6.36. The molecule has 35 heavy (non-hydrogen) atoms. The van der Waals surface area contributed by atoms with Crippen molar-refractivity contribution in [2.45, 2.75) is 26.7 Å². The highest BCUT2D eigenvalue weighted by atomic mass is 32.2. The van der Waals surface area contributed by atoms with Crippen molar-refractivity contribution in [1.82, 2.24) is 4.90 Å². The fraction of sp³-hybridized carbons (Fsp3) is 0.292. The predicted molar refractivity (Wildman–Crippen MR) is 126 cm³/mol. The lowest BCUT2D eigenvalue weighted by Gasteiger charge is -2.13. The number of rotatable bonds is 10. The number of benzene rings is 2. The Balaban J connectivity index is 1.72. The minimum absolute atomic E-state index is 0.0731. The van der Waals surface area contributed by atoms with Crippen molar-refractivity contribution in [1.29, 1.82) is 0 Å². The van der Waals surface area contributed by atoms with Crippen LogP contribution in [-0.4, -0.2) is 41.7 Å². The second kappa shape index (κ2) is 11.8. The van der Waals surface area contributed by atoms with E-state index in [1.54, 1.807) is 18.2 Å². The first-order valence-electron chi connectivity index (χ1n) is 10.8. The van der Waals surface area contributed by atoms with Crippen LogP contribution < -0.4 is 14.8 Å². The summed E-state index contributed by atoms with van der Waals surface area (Å²) in [6.45, 7) is 4.08. The summed E-state index contributed by atoms with van der Waals surface area (Å²) in [7, 11) is 0. The van der Waals surface area contributed by atoms with Crippen LogP contribution in [-0.2, 0) is 9.59 Å². The summed E-state index contributed by atoms with van der Waals surface area (Å²) in [6, 6.07) is 6.58. The Morgan fingerprint density at radius 1 is 1.06 bits per heavy atom. The summed E-state index contributed by atoms with van der Waals surface area (Å²) in [5.74, 6) is -5.36. The van der Waals surface area contributed by atoms with Gasteiger partial charge in [-0.3, -0.25) is 19.3 Å². The lowest BCUT2D eigenvalue weighted by molar-refractivity contribution is -0.127. The van der Waals surface area contributed by atoms with Gasteiger partial charge in [-0.15, -0.1) is 0 Å². The Kier molecular flexibility index (Phi) is 8.80. The molecule has 0 bridgehead atoms. The highest BCUT2D eigenvalue weighted by Crippen LogP contribution is 2.35. The normalized spacial score (nSPS) is 14.5. The molecule has 2 aromatic rings. The topological polar surface area (TPSA) is 84.9 Å². The molecule has 1 aliphatic heterocycles. The third-order valence-corrected chi connectivity index (χ3v) is 5.71. The predicted octanol–water partition coefficient (Wildman–Crippen LogP) is 5.36. The average molecular weight is 509 g/mol. The molecular formula is C24H23F3N2O5S. The van der Waals surface area contributed by atoms with Crippen molar-refractivity contribution in [2.24, 2.45) is 0 Å². The minimum atomic E-state index is -1.75. The molecule has 3 amide bonds. The monoisotopic (exact) mass is 508 g/mol. The number of nitrogens with one attached hydrogen (secondary N) is 1. The summed E-state index contributed by atoms with van der Waals surface area (Å²) in [4.78, 5) is 38.0. The number of unbranched alkanes of at least 4 members (excludes halogenated alkanes) is 1. The highest BCUT2D eigenvalue weighted by molar-refractivity contribution is 8.18. The molecule has 1 aliphatic rings. The molecular weight excluding hydrogens is 485 g/mol. The maximum absolute atomic E-state index is 13.8. The van der Waals surface area contributed by atoms with Crippen LogP contribution in [0.15, 0.2) is 35.2 Å². The number of amides is 3. The largest absolute Gasteiger partial charge is 0.490 e. The maximum Gasteiger partial charge on any atom is 0.294 e. The Morgan fingerprint density at radius 2 is 1.83 bits per heavy atom. The Labute approximate surface area is 204 Å². The molecule has 2 aromatic carbocycles. The number of hydrogen-bond acceptors (Lipinski definition) is 6. The van der Waals surface area contributed by atoms with Gasteiger partial charge >= 0.3 is 0 Å². The molecule has 1 fully saturated rings. The van der Waals surface area contributed by atoms with E-state index in [1.807, 2.05) is 19.2 Å².